The van der Waals surface area contributed by atoms with Crippen molar-refractivity contribution in [2.45, 2.75) is 6.54 Å². The van der Waals surface area contributed by atoms with Gasteiger partial charge in [0.05, 0.1) is 19.6 Å². The van der Waals surface area contributed by atoms with Crippen LogP contribution in [0.15, 0.2) is 53.3 Å². The summed E-state index contributed by atoms with van der Waals surface area (Å²) in [6.07, 6.45) is 3.15. The molecular weight excluding hydrogens is 372 g/mol. The standard InChI is InChI=1S/C20H22N6O3/c1-28-16-6-3-2-5-15(16)13-21-20-23-18(14-22-24-20)25-8-10-26(11-9-25)19(27)17-7-4-12-29-17/h2-7,12,14H,8-11,13H2,1H3,(H,21,23,24). The number of para-hydroxylation sites is 1. The largest absolute Gasteiger partial charge is 0.496 e. The number of piperazine rings is 1. The Kier molecular flexibility index (Phi) is 5.55. The highest BCUT2D eigenvalue weighted by atomic mass is 16.5. The molecule has 1 amide bonds. The van der Waals surface area contributed by atoms with Gasteiger partial charge in [-0.2, -0.15) is 10.1 Å². The van der Waals surface area contributed by atoms with E-state index in [0.717, 1.165) is 17.1 Å². The number of benzene rings is 1. The van der Waals surface area contributed by atoms with Crippen molar-refractivity contribution >= 4 is 17.7 Å². The van der Waals surface area contributed by atoms with Gasteiger partial charge >= 0.3 is 0 Å². The Balaban J connectivity index is 1.36. The van der Waals surface area contributed by atoms with Gasteiger partial charge in [-0.15, -0.1) is 5.10 Å². The highest BCUT2D eigenvalue weighted by molar-refractivity contribution is 5.91. The Bertz CT molecular complexity index is 954. The zero-order valence-electron chi connectivity index (χ0n) is 16.1. The van der Waals surface area contributed by atoms with Crippen LogP contribution >= 0.6 is 0 Å². The number of carbonyl (C=O) groups excluding carboxylic acids is 1. The smallest absolute Gasteiger partial charge is 0.289 e. The summed E-state index contributed by atoms with van der Waals surface area (Å²) >= 11 is 0. The Hall–Kier alpha value is -3.62. The van der Waals surface area contributed by atoms with Gasteiger partial charge in [-0.05, 0) is 18.2 Å². The molecule has 29 heavy (non-hydrogen) atoms. The quantitative estimate of drug-likeness (QED) is 0.679. The normalized spacial score (nSPS) is 14.0. The molecule has 0 saturated carbocycles. The van der Waals surface area contributed by atoms with E-state index in [1.165, 1.54) is 6.26 Å². The van der Waals surface area contributed by atoms with E-state index in [0.29, 0.717) is 44.4 Å². The summed E-state index contributed by atoms with van der Waals surface area (Å²) < 4.78 is 10.6. The Morgan fingerprint density at radius 3 is 2.76 bits per heavy atom. The summed E-state index contributed by atoms with van der Waals surface area (Å²) in [5.74, 6) is 2.26. The number of anilines is 2. The average molecular weight is 394 g/mol. The first kappa shape index (κ1) is 18.7. The number of amides is 1. The first-order valence-corrected chi connectivity index (χ1v) is 9.38. The second kappa shape index (κ2) is 8.59. The Labute approximate surface area is 168 Å². The molecule has 0 unspecified atom stereocenters. The predicted octanol–water partition coefficient (Wildman–Crippen LogP) is 2.05. The van der Waals surface area contributed by atoms with Gasteiger partial charge in [0.25, 0.3) is 5.91 Å². The lowest BCUT2D eigenvalue weighted by Gasteiger charge is -2.34. The predicted molar refractivity (Wildman–Crippen MR) is 107 cm³/mol. The van der Waals surface area contributed by atoms with Crippen LogP contribution in [0.2, 0.25) is 0 Å². The first-order chi connectivity index (χ1) is 14.2. The molecule has 1 N–H and O–H groups in total. The number of ether oxygens (including phenoxy) is 1. The Morgan fingerprint density at radius 1 is 1.17 bits per heavy atom. The van der Waals surface area contributed by atoms with Crippen LogP contribution in [0.5, 0.6) is 5.75 Å². The van der Waals surface area contributed by atoms with E-state index in [2.05, 4.69) is 25.4 Å². The molecule has 1 fully saturated rings. The third-order valence-corrected chi connectivity index (χ3v) is 4.80. The number of aromatic nitrogens is 3. The Morgan fingerprint density at radius 2 is 2.00 bits per heavy atom. The van der Waals surface area contributed by atoms with E-state index in [1.54, 1.807) is 30.3 Å². The minimum Gasteiger partial charge on any atom is -0.496 e. The van der Waals surface area contributed by atoms with Gasteiger partial charge < -0.3 is 24.3 Å². The van der Waals surface area contributed by atoms with E-state index in [9.17, 15) is 4.79 Å². The van der Waals surface area contributed by atoms with Crippen molar-refractivity contribution in [1.82, 2.24) is 20.1 Å². The van der Waals surface area contributed by atoms with Crippen molar-refractivity contribution < 1.29 is 13.9 Å². The SMILES string of the molecule is COc1ccccc1CNc1nncc(N2CCN(C(=O)c3ccco3)CC2)n1. The van der Waals surface area contributed by atoms with Crippen LogP contribution in [0.3, 0.4) is 0 Å². The fourth-order valence-electron chi connectivity index (χ4n) is 3.24. The molecule has 0 aliphatic carbocycles. The van der Waals surface area contributed by atoms with Crippen LogP contribution in [-0.4, -0.2) is 59.3 Å². The number of hydrogen-bond acceptors (Lipinski definition) is 8. The summed E-state index contributed by atoms with van der Waals surface area (Å²) in [4.78, 5) is 20.8. The maximum Gasteiger partial charge on any atom is 0.289 e. The number of hydrogen-bond donors (Lipinski definition) is 1. The van der Waals surface area contributed by atoms with Gasteiger partial charge in [0.2, 0.25) is 5.95 Å². The number of rotatable bonds is 6. The lowest BCUT2D eigenvalue weighted by Crippen LogP contribution is -2.49. The van der Waals surface area contributed by atoms with E-state index in [4.69, 9.17) is 9.15 Å². The number of furan rings is 1. The first-order valence-electron chi connectivity index (χ1n) is 9.38. The molecule has 1 aromatic carbocycles. The van der Waals surface area contributed by atoms with Crippen molar-refractivity contribution in [2.75, 3.05) is 43.5 Å². The molecular formula is C20H22N6O3. The zero-order chi connectivity index (χ0) is 20.1. The van der Waals surface area contributed by atoms with E-state index in [1.807, 2.05) is 24.3 Å². The third kappa shape index (κ3) is 4.29. The minimum atomic E-state index is -0.0883. The van der Waals surface area contributed by atoms with Crippen molar-refractivity contribution in [3.05, 3.63) is 60.2 Å². The molecule has 1 saturated heterocycles. The molecule has 1 aliphatic heterocycles. The number of nitrogens with zero attached hydrogens (tertiary/aromatic N) is 5. The van der Waals surface area contributed by atoms with Gasteiger partial charge in [0.1, 0.15) is 5.75 Å². The maximum absolute atomic E-state index is 12.4. The lowest BCUT2D eigenvalue weighted by molar-refractivity contribution is 0.0714. The summed E-state index contributed by atoms with van der Waals surface area (Å²) in [5, 5.41) is 11.3. The average Bonchev–Trinajstić information content (AvgIpc) is 3.33. The molecule has 3 aromatic rings. The summed E-state index contributed by atoms with van der Waals surface area (Å²) in [6.45, 7) is 3.04. The third-order valence-electron chi connectivity index (χ3n) is 4.80. The summed E-state index contributed by atoms with van der Waals surface area (Å²) in [5.41, 5.74) is 1.01. The number of nitrogens with one attached hydrogen (secondary N) is 1. The monoisotopic (exact) mass is 394 g/mol. The fraction of sp³-hybridized carbons (Fsp3) is 0.300. The molecule has 0 spiro atoms. The second-order valence-electron chi connectivity index (χ2n) is 6.56. The molecule has 0 bridgehead atoms. The molecule has 4 rings (SSSR count). The van der Waals surface area contributed by atoms with Gasteiger partial charge in [-0.1, -0.05) is 18.2 Å². The second-order valence-corrected chi connectivity index (χ2v) is 6.56. The molecule has 0 radical (unpaired) electrons. The van der Waals surface area contributed by atoms with Crippen LogP contribution in [0.1, 0.15) is 16.1 Å². The van der Waals surface area contributed by atoms with Crippen molar-refractivity contribution in [3.63, 3.8) is 0 Å². The van der Waals surface area contributed by atoms with Crippen molar-refractivity contribution in [3.8, 4) is 5.75 Å². The van der Waals surface area contributed by atoms with E-state index in [-0.39, 0.29) is 5.91 Å². The topological polar surface area (TPSA) is 96.6 Å². The van der Waals surface area contributed by atoms with Gasteiger partial charge in [-0.3, -0.25) is 4.79 Å². The van der Waals surface area contributed by atoms with Crippen LogP contribution in [0, 0.1) is 0 Å². The van der Waals surface area contributed by atoms with Crippen molar-refractivity contribution in [1.29, 1.82) is 0 Å². The fourth-order valence-corrected chi connectivity index (χ4v) is 3.24. The molecule has 9 nitrogen and oxygen atoms in total. The number of methoxy groups -OCH3 is 1. The van der Waals surface area contributed by atoms with Gasteiger partial charge in [-0.25, -0.2) is 0 Å². The lowest BCUT2D eigenvalue weighted by atomic mass is 10.2. The molecule has 9 heteroatoms. The molecule has 150 valence electrons. The highest BCUT2D eigenvalue weighted by Gasteiger charge is 2.24. The van der Waals surface area contributed by atoms with Crippen molar-refractivity contribution in [2.24, 2.45) is 0 Å². The van der Waals surface area contributed by atoms with E-state index >= 15 is 0 Å². The highest BCUT2D eigenvalue weighted by Crippen LogP contribution is 2.19. The molecule has 1 aliphatic rings. The van der Waals surface area contributed by atoms with Crippen LogP contribution < -0.4 is 15.0 Å². The number of carbonyl (C=O) groups is 1. The zero-order valence-corrected chi connectivity index (χ0v) is 16.1. The maximum atomic E-state index is 12.4. The van der Waals surface area contributed by atoms with Gasteiger partial charge in [0, 0.05) is 38.3 Å². The molecule has 3 heterocycles. The van der Waals surface area contributed by atoms with Gasteiger partial charge in [0.15, 0.2) is 11.6 Å². The summed E-state index contributed by atoms with van der Waals surface area (Å²) in [7, 11) is 1.65. The minimum absolute atomic E-state index is 0.0883. The molecule has 2 aromatic heterocycles. The van der Waals surface area contributed by atoms with Crippen LogP contribution in [-0.2, 0) is 6.54 Å². The molecule has 0 atom stereocenters. The summed E-state index contributed by atoms with van der Waals surface area (Å²) in [6, 6.07) is 11.2. The van der Waals surface area contributed by atoms with Crippen LogP contribution in [0.25, 0.3) is 0 Å². The van der Waals surface area contributed by atoms with Crippen LogP contribution in [0.4, 0.5) is 11.8 Å². The van der Waals surface area contributed by atoms with E-state index < -0.39 is 0 Å².